The average molecular weight is 1040 g/mol. The Labute approximate surface area is 465 Å². The first-order valence-electron chi connectivity index (χ1n) is 27.1. The molecule has 7 heterocycles. The molecule has 0 fully saturated rings. The number of aromatic nitrogens is 9. The Morgan fingerprint density at radius 1 is 0.198 bits per heavy atom. The van der Waals surface area contributed by atoms with Gasteiger partial charge in [0.1, 0.15) is 17.5 Å². The highest BCUT2D eigenvalue weighted by Crippen LogP contribution is 2.41. The van der Waals surface area contributed by atoms with Crippen LogP contribution >= 0.6 is 0 Å². The van der Waals surface area contributed by atoms with Crippen LogP contribution < -0.4 is 0 Å². The molecular weight excluding hydrogens is 991 g/mol. The minimum Gasteiger partial charge on any atom is -0.294 e. The average Bonchev–Trinajstić information content (AvgIpc) is 4.33. The fourth-order valence-electron chi connectivity index (χ4n) is 11.9. The first-order valence-corrected chi connectivity index (χ1v) is 27.1. The third-order valence-corrected chi connectivity index (χ3v) is 15.7. The molecule has 9 aromatic carbocycles. The monoisotopic (exact) mass is 1040 g/mol. The maximum Gasteiger partial charge on any atom is 0.164 e. The molecule has 81 heavy (non-hydrogen) atoms. The molecule has 0 saturated carbocycles. The second kappa shape index (κ2) is 18.8. The molecule has 0 amide bonds. The number of pyridine rings is 3. The van der Waals surface area contributed by atoms with Gasteiger partial charge in [-0.2, -0.15) is 0 Å². The Balaban J connectivity index is 0.939. The fraction of sp³-hybridized carbons (Fsp3) is 0. The maximum absolute atomic E-state index is 5.46. The molecule has 0 bridgehead atoms. The van der Waals surface area contributed by atoms with Crippen molar-refractivity contribution < 1.29 is 0 Å². The highest BCUT2D eigenvalue weighted by atomic mass is 15.1. The van der Waals surface area contributed by atoms with Gasteiger partial charge in [0.05, 0.1) is 33.1 Å². The molecule has 0 aliphatic rings. The number of hydrogen-bond acceptors (Lipinski definition) is 6. The zero-order valence-corrected chi connectivity index (χ0v) is 43.5. The van der Waals surface area contributed by atoms with Gasteiger partial charge in [-0.25, -0.2) is 29.9 Å². The molecule has 0 saturated heterocycles. The first-order chi connectivity index (χ1) is 40.1. The molecule has 9 heteroatoms. The molecule has 7 aromatic heterocycles. The first kappa shape index (κ1) is 46.0. The van der Waals surface area contributed by atoms with Crippen molar-refractivity contribution in [3.8, 4) is 85.0 Å². The lowest BCUT2D eigenvalue weighted by Gasteiger charge is -2.11. The van der Waals surface area contributed by atoms with Crippen molar-refractivity contribution >= 4 is 65.4 Å². The zero-order chi connectivity index (χ0) is 53.4. The van der Waals surface area contributed by atoms with Gasteiger partial charge in [0.25, 0.3) is 0 Å². The molecule has 16 rings (SSSR count). The zero-order valence-electron chi connectivity index (χ0n) is 43.5. The summed E-state index contributed by atoms with van der Waals surface area (Å²) in [7, 11) is 0. The van der Waals surface area contributed by atoms with Crippen LogP contribution in [0.3, 0.4) is 0 Å². The summed E-state index contributed by atoms with van der Waals surface area (Å²) in [5.74, 6) is 4.19. The Bertz CT molecular complexity index is 4550. The van der Waals surface area contributed by atoms with E-state index in [0.717, 1.165) is 133 Å². The molecule has 0 spiro atoms. The SMILES string of the molecule is c1ccc(-c2ccc3c(c2)c2cc(-c4nc(-c5ccc6c(c5)c5cc(-c7ccccc7)ccc5n6-c5ccccn5)nc(-c5ccc6c(c5)c5cc(-c7ccccc7)ccc5n6-c5ccccn5)n4)ccc2n3-c2ccccn2)cc1. The highest BCUT2D eigenvalue weighted by Gasteiger charge is 2.22. The summed E-state index contributed by atoms with van der Waals surface area (Å²) in [6.07, 6.45) is 5.54. The van der Waals surface area contributed by atoms with Gasteiger partial charge in [0.2, 0.25) is 0 Å². The van der Waals surface area contributed by atoms with Crippen molar-refractivity contribution in [2.75, 3.05) is 0 Å². The van der Waals surface area contributed by atoms with Crippen molar-refractivity contribution in [1.29, 1.82) is 0 Å². The molecule has 0 aliphatic heterocycles. The minimum atomic E-state index is 0.555. The van der Waals surface area contributed by atoms with Gasteiger partial charge in [-0.05, 0) is 161 Å². The summed E-state index contributed by atoms with van der Waals surface area (Å²) in [6, 6.07) is 89.5. The predicted molar refractivity (Wildman–Crippen MR) is 329 cm³/mol. The normalized spacial score (nSPS) is 11.7. The summed E-state index contributed by atoms with van der Waals surface area (Å²) >= 11 is 0. The molecule has 0 N–H and O–H groups in total. The molecule has 378 valence electrons. The molecule has 0 radical (unpaired) electrons. The predicted octanol–water partition coefficient (Wildman–Crippen LogP) is 17.3. The third-order valence-electron chi connectivity index (χ3n) is 15.7. The van der Waals surface area contributed by atoms with Gasteiger partial charge in [0.15, 0.2) is 17.5 Å². The lowest BCUT2D eigenvalue weighted by Crippen LogP contribution is -2.01. The van der Waals surface area contributed by atoms with E-state index in [-0.39, 0.29) is 0 Å². The maximum atomic E-state index is 5.46. The third kappa shape index (κ3) is 7.78. The van der Waals surface area contributed by atoms with E-state index >= 15 is 0 Å². The minimum absolute atomic E-state index is 0.555. The van der Waals surface area contributed by atoms with E-state index in [0.29, 0.717) is 17.5 Å². The number of benzene rings is 9. The summed E-state index contributed by atoms with van der Waals surface area (Å²) in [5, 5.41) is 6.48. The van der Waals surface area contributed by atoms with Crippen LogP contribution in [0.5, 0.6) is 0 Å². The van der Waals surface area contributed by atoms with E-state index in [1.54, 1.807) is 0 Å². The Morgan fingerprint density at radius 3 is 0.679 bits per heavy atom. The lowest BCUT2D eigenvalue weighted by molar-refractivity contribution is 1.07. The summed E-state index contributed by atoms with van der Waals surface area (Å²) in [6.45, 7) is 0. The lowest BCUT2D eigenvalue weighted by atomic mass is 10.0. The van der Waals surface area contributed by atoms with Crippen LogP contribution in [0.2, 0.25) is 0 Å². The smallest absolute Gasteiger partial charge is 0.164 e. The van der Waals surface area contributed by atoms with Crippen LogP contribution in [-0.4, -0.2) is 43.6 Å². The van der Waals surface area contributed by atoms with Gasteiger partial charge < -0.3 is 0 Å². The van der Waals surface area contributed by atoms with Crippen molar-refractivity contribution in [3.63, 3.8) is 0 Å². The van der Waals surface area contributed by atoms with E-state index in [2.05, 4.69) is 232 Å². The van der Waals surface area contributed by atoms with Crippen molar-refractivity contribution in [2.45, 2.75) is 0 Å². The standard InChI is InChI=1S/C72H45N9/c1-4-16-46(17-5-1)49-25-31-61-55(40-49)58-43-52(28-34-64(58)79(61)67-22-10-13-37-73-67)70-76-71(53-29-35-65-59(44-53)56-41-50(47-18-6-2-7-19-47)26-32-62(56)80(65)68-23-11-14-38-74-68)78-72(77-70)54-30-36-66-60(45-54)57-42-51(48-20-8-3-9-21-48)27-33-63(57)81(66)69-24-12-15-39-75-69/h1-45H. The van der Waals surface area contributed by atoms with Crippen molar-refractivity contribution in [3.05, 3.63) is 273 Å². The van der Waals surface area contributed by atoms with Gasteiger partial charge in [-0.1, -0.05) is 127 Å². The van der Waals surface area contributed by atoms with Gasteiger partial charge in [0, 0.05) is 67.6 Å². The van der Waals surface area contributed by atoms with Crippen LogP contribution in [0, 0.1) is 0 Å². The summed E-state index contributed by atoms with van der Waals surface area (Å²) in [4.78, 5) is 30.9. The Hall–Kier alpha value is -11.2. The fourth-order valence-corrected chi connectivity index (χ4v) is 11.9. The highest BCUT2D eigenvalue weighted by molar-refractivity contribution is 6.14. The second-order valence-electron chi connectivity index (χ2n) is 20.4. The van der Waals surface area contributed by atoms with E-state index in [9.17, 15) is 0 Å². The quantitative estimate of drug-likeness (QED) is 0.143. The number of rotatable bonds is 9. The van der Waals surface area contributed by atoms with E-state index < -0.39 is 0 Å². The second-order valence-corrected chi connectivity index (χ2v) is 20.4. The molecule has 0 atom stereocenters. The van der Waals surface area contributed by atoms with Gasteiger partial charge in [-0.15, -0.1) is 0 Å². The molecule has 0 unspecified atom stereocenters. The van der Waals surface area contributed by atoms with Gasteiger partial charge in [-0.3, -0.25) is 13.7 Å². The summed E-state index contributed by atoms with van der Waals surface area (Å²) < 4.78 is 6.73. The van der Waals surface area contributed by atoms with Crippen LogP contribution in [0.1, 0.15) is 0 Å². The van der Waals surface area contributed by atoms with E-state index in [4.69, 9.17) is 29.9 Å². The topological polar surface area (TPSA) is 92.1 Å². The van der Waals surface area contributed by atoms with Crippen LogP contribution in [0.25, 0.3) is 150 Å². The molecule has 16 aromatic rings. The summed E-state index contributed by atoms with van der Waals surface area (Å²) in [5.41, 5.74) is 15.7. The van der Waals surface area contributed by atoms with Crippen molar-refractivity contribution in [1.82, 2.24) is 43.6 Å². The van der Waals surface area contributed by atoms with Crippen LogP contribution in [0.4, 0.5) is 0 Å². The molecule has 9 nitrogen and oxygen atoms in total. The number of fused-ring (bicyclic) bond motifs is 9. The van der Waals surface area contributed by atoms with Crippen molar-refractivity contribution in [2.24, 2.45) is 0 Å². The van der Waals surface area contributed by atoms with Crippen LogP contribution in [-0.2, 0) is 0 Å². The van der Waals surface area contributed by atoms with Crippen LogP contribution in [0.15, 0.2) is 273 Å². The van der Waals surface area contributed by atoms with E-state index in [1.165, 1.54) is 0 Å². The number of hydrogen-bond donors (Lipinski definition) is 0. The largest absolute Gasteiger partial charge is 0.294 e. The molecular formula is C72H45N9. The van der Waals surface area contributed by atoms with E-state index in [1.807, 2.05) is 55.0 Å². The van der Waals surface area contributed by atoms with Gasteiger partial charge >= 0.3 is 0 Å². The Morgan fingerprint density at radius 2 is 0.432 bits per heavy atom. The number of nitrogens with zero attached hydrogens (tertiary/aromatic N) is 9. The Kier molecular flexibility index (Phi) is 10.7. The molecule has 0 aliphatic carbocycles.